The molecule has 3 N–H and O–H groups in total. The van der Waals surface area contributed by atoms with Crippen LogP contribution in [0.1, 0.15) is 37.6 Å². The molecule has 2 atom stereocenters. The van der Waals surface area contributed by atoms with Crippen LogP contribution in [0.2, 0.25) is 5.02 Å². The number of nitrogen functional groups attached to an aromatic ring is 1. The molecule has 4 heteroatoms. The van der Waals surface area contributed by atoms with Gasteiger partial charge in [0.05, 0.1) is 5.56 Å². The number of halogens is 1. The summed E-state index contributed by atoms with van der Waals surface area (Å²) in [5, 5.41) is 3.45. The van der Waals surface area contributed by atoms with E-state index >= 15 is 0 Å². The first kappa shape index (κ1) is 13.8. The topological polar surface area (TPSA) is 55.1 Å². The summed E-state index contributed by atoms with van der Waals surface area (Å²) < 4.78 is 0. The maximum absolute atomic E-state index is 12.0. The van der Waals surface area contributed by atoms with Crippen molar-refractivity contribution in [1.29, 1.82) is 0 Å². The fourth-order valence-corrected chi connectivity index (χ4v) is 1.68. The molecule has 0 aliphatic carbocycles. The minimum absolute atomic E-state index is 0.117. The summed E-state index contributed by atoms with van der Waals surface area (Å²) in [6.45, 7) is 6.19. The van der Waals surface area contributed by atoms with Gasteiger partial charge in [0.1, 0.15) is 0 Å². The molecule has 1 aromatic carbocycles. The van der Waals surface area contributed by atoms with E-state index in [9.17, 15) is 4.79 Å². The molecule has 0 aromatic heterocycles. The predicted molar refractivity (Wildman–Crippen MR) is 72.2 cm³/mol. The summed E-state index contributed by atoms with van der Waals surface area (Å²) in [5.41, 5.74) is 6.64. The normalized spacial score (nSPS) is 14.1. The second kappa shape index (κ2) is 5.92. The second-order valence-corrected chi connectivity index (χ2v) is 4.82. The molecule has 0 heterocycles. The molecule has 0 aliphatic rings. The number of nitrogens with two attached hydrogens (primary N) is 1. The van der Waals surface area contributed by atoms with Crippen LogP contribution < -0.4 is 11.1 Å². The van der Waals surface area contributed by atoms with Gasteiger partial charge in [-0.3, -0.25) is 4.79 Å². The Morgan fingerprint density at radius 1 is 1.47 bits per heavy atom. The molecule has 0 bridgehead atoms. The molecule has 1 rings (SSSR count). The molecule has 2 unspecified atom stereocenters. The summed E-state index contributed by atoms with van der Waals surface area (Å²) in [5.74, 6) is 0.261. The SMILES string of the molecule is CCC(C)C(C)NC(=O)c1cc(Cl)ccc1N. The van der Waals surface area contributed by atoms with Crippen molar-refractivity contribution in [2.45, 2.75) is 33.2 Å². The van der Waals surface area contributed by atoms with Crippen molar-refractivity contribution in [2.75, 3.05) is 5.73 Å². The van der Waals surface area contributed by atoms with Gasteiger partial charge in [-0.2, -0.15) is 0 Å². The molecule has 0 saturated heterocycles. The van der Waals surface area contributed by atoms with Gasteiger partial charge in [0.2, 0.25) is 0 Å². The zero-order valence-electron chi connectivity index (χ0n) is 10.5. The monoisotopic (exact) mass is 254 g/mol. The van der Waals surface area contributed by atoms with Crippen LogP contribution in [-0.4, -0.2) is 11.9 Å². The maximum atomic E-state index is 12.0. The van der Waals surface area contributed by atoms with Crippen molar-refractivity contribution in [1.82, 2.24) is 5.32 Å². The van der Waals surface area contributed by atoms with Crippen LogP contribution >= 0.6 is 11.6 Å². The molecule has 0 radical (unpaired) electrons. The number of carbonyl (C=O) groups excluding carboxylic acids is 1. The number of anilines is 1. The van der Waals surface area contributed by atoms with Crippen molar-refractivity contribution >= 4 is 23.2 Å². The first-order valence-electron chi connectivity index (χ1n) is 5.81. The standard InChI is InChI=1S/C13H19ClN2O/c1-4-8(2)9(3)16-13(17)11-7-10(14)5-6-12(11)15/h5-9H,4,15H2,1-3H3,(H,16,17). The highest BCUT2D eigenvalue weighted by Gasteiger charge is 2.16. The highest BCUT2D eigenvalue weighted by atomic mass is 35.5. The molecule has 0 fully saturated rings. The molecule has 1 aromatic rings. The summed E-state index contributed by atoms with van der Waals surface area (Å²) in [6.07, 6.45) is 1.02. The van der Waals surface area contributed by atoms with Crippen LogP contribution in [0.3, 0.4) is 0 Å². The van der Waals surface area contributed by atoms with Gasteiger partial charge in [-0.15, -0.1) is 0 Å². The smallest absolute Gasteiger partial charge is 0.253 e. The molecule has 3 nitrogen and oxygen atoms in total. The Hall–Kier alpha value is -1.22. The number of carbonyl (C=O) groups is 1. The van der Waals surface area contributed by atoms with Gasteiger partial charge in [-0.1, -0.05) is 31.9 Å². The summed E-state index contributed by atoms with van der Waals surface area (Å²) in [4.78, 5) is 12.0. The number of amides is 1. The van der Waals surface area contributed by atoms with Crippen molar-refractivity contribution in [3.05, 3.63) is 28.8 Å². The summed E-state index contributed by atoms with van der Waals surface area (Å²) >= 11 is 5.85. The third-order valence-corrected chi connectivity index (χ3v) is 3.35. The van der Waals surface area contributed by atoms with Crippen molar-refractivity contribution < 1.29 is 4.79 Å². The molecule has 1 amide bonds. The van der Waals surface area contributed by atoms with E-state index in [0.717, 1.165) is 6.42 Å². The highest BCUT2D eigenvalue weighted by molar-refractivity contribution is 6.31. The van der Waals surface area contributed by atoms with Crippen LogP contribution in [-0.2, 0) is 0 Å². The Morgan fingerprint density at radius 3 is 2.71 bits per heavy atom. The molecule has 0 spiro atoms. The van der Waals surface area contributed by atoms with Crippen LogP contribution in [0, 0.1) is 5.92 Å². The van der Waals surface area contributed by atoms with Crippen molar-refractivity contribution in [3.63, 3.8) is 0 Å². The molecular weight excluding hydrogens is 236 g/mol. The first-order valence-corrected chi connectivity index (χ1v) is 6.19. The Morgan fingerprint density at radius 2 is 2.12 bits per heavy atom. The lowest BCUT2D eigenvalue weighted by atomic mass is 10.0. The van der Waals surface area contributed by atoms with Crippen LogP contribution in [0.5, 0.6) is 0 Å². The van der Waals surface area contributed by atoms with Gasteiger partial charge in [0.15, 0.2) is 0 Å². The zero-order valence-corrected chi connectivity index (χ0v) is 11.2. The Labute approximate surface area is 107 Å². The minimum atomic E-state index is -0.169. The molecule has 0 saturated carbocycles. The molecule has 94 valence electrons. The maximum Gasteiger partial charge on any atom is 0.253 e. The van der Waals surface area contributed by atoms with E-state index in [1.165, 1.54) is 0 Å². The molecule has 0 aliphatic heterocycles. The van der Waals surface area contributed by atoms with E-state index in [4.69, 9.17) is 17.3 Å². The van der Waals surface area contributed by atoms with E-state index in [0.29, 0.717) is 22.2 Å². The number of nitrogens with one attached hydrogen (secondary N) is 1. The molecule has 17 heavy (non-hydrogen) atoms. The fraction of sp³-hybridized carbons (Fsp3) is 0.462. The average Bonchev–Trinajstić information content (AvgIpc) is 2.30. The quantitative estimate of drug-likeness (QED) is 0.812. The van der Waals surface area contributed by atoms with Gasteiger partial charge >= 0.3 is 0 Å². The van der Waals surface area contributed by atoms with Gasteiger partial charge in [-0.05, 0) is 31.0 Å². The van der Waals surface area contributed by atoms with Gasteiger partial charge in [0.25, 0.3) is 5.91 Å². The third kappa shape index (κ3) is 3.63. The second-order valence-electron chi connectivity index (χ2n) is 4.38. The Balaban J connectivity index is 2.79. The van der Waals surface area contributed by atoms with Crippen molar-refractivity contribution in [3.8, 4) is 0 Å². The Bertz CT molecular complexity index is 406. The van der Waals surface area contributed by atoms with E-state index < -0.39 is 0 Å². The lowest BCUT2D eigenvalue weighted by molar-refractivity contribution is 0.0929. The van der Waals surface area contributed by atoms with Crippen LogP contribution in [0.15, 0.2) is 18.2 Å². The average molecular weight is 255 g/mol. The lowest BCUT2D eigenvalue weighted by Crippen LogP contribution is -2.37. The van der Waals surface area contributed by atoms with E-state index in [1.54, 1.807) is 18.2 Å². The van der Waals surface area contributed by atoms with E-state index in [2.05, 4.69) is 19.2 Å². The number of hydrogen-bond donors (Lipinski definition) is 2. The zero-order chi connectivity index (χ0) is 13.0. The summed E-state index contributed by atoms with van der Waals surface area (Å²) in [7, 11) is 0. The van der Waals surface area contributed by atoms with Gasteiger partial charge < -0.3 is 11.1 Å². The van der Waals surface area contributed by atoms with Crippen molar-refractivity contribution in [2.24, 2.45) is 5.92 Å². The first-order chi connectivity index (χ1) is 7.95. The molecular formula is C13H19ClN2O. The predicted octanol–water partition coefficient (Wildman–Crippen LogP) is 3.09. The number of hydrogen-bond acceptors (Lipinski definition) is 2. The number of benzene rings is 1. The van der Waals surface area contributed by atoms with E-state index in [1.807, 2.05) is 6.92 Å². The van der Waals surface area contributed by atoms with E-state index in [-0.39, 0.29) is 11.9 Å². The van der Waals surface area contributed by atoms with Gasteiger partial charge in [0, 0.05) is 16.8 Å². The van der Waals surface area contributed by atoms with Crippen LogP contribution in [0.4, 0.5) is 5.69 Å². The lowest BCUT2D eigenvalue weighted by Gasteiger charge is -2.20. The minimum Gasteiger partial charge on any atom is -0.398 e. The van der Waals surface area contributed by atoms with Gasteiger partial charge in [-0.25, -0.2) is 0 Å². The fourth-order valence-electron chi connectivity index (χ4n) is 1.51. The summed E-state index contributed by atoms with van der Waals surface area (Å²) in [6, 6.07) is 5.03. The largest absolute Gasteiger partial charge is 0.398 e. The number of rotatable bonds is 4. The van der Waals surface area contributed by atoms with Crippen LogP contribution in [0.25, 0.3) is 0 Å². The highest BCUT2D eigenvalue weighted by Crippen LogP contribution is 2.18. The third-order valence-electron chi connectivity index (χ3n) is 3.12. The Kier molecular flexibility index (Phi) is 4.82.